The van der Waals surface area contributed by atoms with E-state index in [1.807, 2.05) is 0 Å². The number of piperazine rings is 1. The van der Waals surface area contributed by atoms with Gasteiger partial charge in [-0.25, -0.2) is 0 Å². The third-order valence-electron chi connectivity index (χ3n) is 3.82. The van der Waals surface area contributed by atoms with Gasteiger partial charge in [0, 0.05) is 32.2 Å². The van der Waals surface area contributed by atoms with Gasteiger partial charge in [-0.15, -0.1) is 0 Å². The largest absolute Gasteiger partial charge is 0.378 e. The molecule has 2 aliphatic heterocycles. The first-order valence-electron chi connectivity index (χ1n) is 6.37. The molecule has 0 radical (unpaired) electrons. The third kappa shape index (κ3) is 2.71. The van der Waals surface area contributed by atoms with Gasteiger partial charge in [0.2, 0.25) is 0 Å². The van der Waals surface area contributed by atoms with E-state index < -0.39 is 0 Å². The molecule has 0 amide bonds. The molecule has 0 aromatic carbocycles. The van der Waals surface area contributed by atoms with Gasteiger partial charge in [-0.3, -0.25) is 9.80 Å². The SMILES string of the molecule is CCCC(C)N1CCN(C2COC2)CC1. The van der Waals surface area contributed by atoms with Gasteiger partial charge in [0.05, 0.1) is 19.3 Å². The lowest BCUT2D eigenvalue weighted by Crippen LogP contribution is -2.57. The molecule has 2 saturated heterocycles. The Morgan fingerprint density at radius 2 is 1.87 bits per heavy atom. The lowest BCUT2D eigenvalue weighted by atomic mass is 10.1. The van der Waals surface area contributed by atoms with Crippen molar-refractivity contribution >= 4 is 0 Å². The van der Waals surface area contributed by atoms with Crippen LogP contribution in [0.4, 0.5) is 0 Å². The van der Waals surface area contributed by atoms with Crippen LogP contribution in [-0.2, 0) is 4.74 Å². The maximum absolute atomic E-state index is 5.25. The number of hydrogen-bond donors (Lipinski definition) is 0. The van der Waals surface area contributed by atoms with Crippen LogP contribution in [0.2, 0.25) is 0 Å². The first-order valence-corrected chi connectivity index (χ1v) is 6.37. The summed E-state index contributed by atoms with van der Waals surface area (Å²) in [6.07, 6.45) is 2.64. The summed E-state index contributed by atoms with van der Waals surface area (Å²) >= 11 is 0. The Labute approximate surface area is 93.4 Å². The summed E-state index contributed by atoms with van der Waals surface area (Å²) in [7, 11) is 0. The van der Waals surface area contributed by atoms with Crippen LogP contribution in [0.1, 0.15) is 26.7 Å². The summed E-state index contributed by atoms with van der Waals surface area (Å²) in [5.41, 5.74) is 0. The van der Waals surface area contributed by atoms with E-state index in [2.05, 4.69) is 23.6 Å². The zero-order chi connectivity index (χ0) is 10.7. The van der Waals surface area contributed by atoms with Crippen LogP contribution in [0.3, 0.4) is 0 Å². The van der Waals surface area contributed by atoms with E-state index in [9.17, 15) is 0 Å². The average molecular weight is 212 g/mol. The Kier molecular flexibility index (Phi) is 4.00. The molecule has 0 bridgehead atoms. The van der Waals surface area contributed by atoms with Gasteiger partial charge in [0.15, 0.2) is 0 Å². The van der Waals surface area contributed by atoms with E-state index in [1.54, 1.807) is 0 Å². The molecule has 0 aromatic rings. The Hall–Kier alpha value is -0.120. The molecule has 2 aliphatic rings. The van der Waals surface area contributed by atoms with Crippen LogP contribution in [-0.4, -0.2) is 61.3 Å². The Morgan fingerprint density at radius 3 is 2.33 bits per heavy atom. The van der Waals surface area contributed by atoms with Gasteiger partial charge < -0.3 is 4.74 Å². The number of nitrogens with zero attached hydrogens (tertiary/aromatic N) is 2. The van der Waals surface area contributed by atoms with E-state index in [1.165, 1.54) is 39.0 Å². The summed E-state index contributed by atoms with van der Waals surface area (Å²) in [6, 6.07) is 1.50. The summed E-state index contributed by atoms with van der Waals surface area (Å²) in [5, 5.41) is 0. The monoisotopic (exact) mass is 212 g/mol. The van der Waals surface area contributed by atoms with Gasteiger partial charge in [-0.1, -0.05) is 13.3 Å². The normalized spacial score (nSPS) is 27.6. The minimum Gasteiger partial charge on any atom is -0.378 e. The Bertz CT molecular complexity index is 186. The van der Waals surface area contributed by atoms with E-state index in [4.69, 9.17) is 4.74 Å². The maximum atomic E-state index is 5.25. The summed E-state index contributed by atoms with van der Waals surface area (Å²) in [6.45, 7) is 11.5. The van der Waals surface area contributed by atoms with Crippen molar-refractivity contribution in [2.45, 2.75) is 38.8 Å². The van der Waals surface area contributed by atoms with Crippen molar-refractivity contribution in [2.75, 3.05) is 39.4 Å². The van der Waals surface area contributed by atoms with Crippen molar-refractivity contribution in [1.82, 2.24) is 9.80 Å². The molecule has 2 fully saturated rings. The van der Waals surface area contributed by atoms with Crippen LogP contribution in [0, 0.1) is 0 Å². The van der Waals surface area contributed by atoms with Gasteiger partial charge in [-0.05, 0) is 13.3 Å². The highest BCUT2D eigenvalue weighted by Gasteiger charge is 2.29. The van der Waals surface area contributed by atoms with Crippen molar-refractivity contribution in [1.29, 1.82) is 0 Å². The quantitative estimate of drug-likeness (QED) is 0.696. The number of hydrogen-bond acceptors (Lipinski definition) is 3. The van der Waals surface area contributed by atoms with Gasteiger partial charge in [0.1, 0.15) is 0 Å². The first-order chi connectivity index (χ1) is 7.31. The molecule has 1 atom stereocenters. The maximum Gasteiger partial charge on any atom is 0.0645 e. The third-order valence-corrected chi connectivity index (χ3v) is 3.82. The fourth-order valence-electron chi connectivity index (χ4n) is 2.58. The molecule has 2 heterocycles. The van der Waals surface area contributed by atoms with E-state index in [-0.39, 0.29) is 0 Å². The molecule has 0 aromatic heterocycles. The van der Waals surface area contributed by atoms with Crippen molar-refractivity contribution in [3.63, 3.8) is 0 Å². The van der Waals surface area contributed by atoms with Crippen molar-refractivity contribution in [3.8, 4) is 0 Å². The van der Waals surface area contributed by atoms with E-state index >= 15 is 0 Å². The highest BCUT2D eigenvalue weighted by molar-refractivity contribution is 4.83. The van der Waals surface area contributed by atoms with Gasteiger partial charge in [0.25, 0.3) is 0 Å². The first kappa shape index (κ1) is 11.4. The van der Waals surface area contributed by atoms with Crippen LogP contribution in [0.25, 0.3) is 0 Å². The molecule has 88 valence electrons. The minimum atomic E-state index is 0.730. The zero-order valence-corrected chi connectivity index (χ0v) is 10.1. The smallest absolute Gasteiger partial charge is 0.0645 e. The molecule has 15 heavy (non-hydrogen) atoms. The minimum absolute atomic E-state index is 0.730. The van der Waals surface area contributed by atoms with Gasteiger partial charge in [-0.2, -0.15) is 0 Å². The fraction of sp³-hybridized carbons (Fsp3) is 1.00. The lowest BCUT2D eigenvalue weighted by Gasteiger charge is -2.44. The van der Waals surface area contributed by atoms with Crippen LogP contribution >= 0.6 is 0 Å². The topological polar surface area (TPSA) is 15.7 Å². The second kappa shape index (κ2) is 5.28. The highest BCUT2D eigenvalue weighted by Crippen LogP contribution is 2.15. The number of rotatable bonds is 4. The van der Waals surface area contributed by atoms with Crippen LogP contribution in [0.5, 0.6) is 0 Å². The standard InChI is InChI=1S/C12H24N2O/c1-3-4-11(2)13-5-7-14(8-6-13)12-9-15-10-12/h11-12H,3-10H2,1-2H3. The van der Waals surface area contributed by atoms with E-state index in [0.29, 0.717) is 0 Å². The summed E-state index contributed by atoms with van der Waals surface area (Å²) < 4.78 is 5.25. The van der Waals surface area contributed by atoms with Crippen LogP contribution in [0.15, 0.2) is 0 Å². The predicted molar refractivity (Wildman–Crippen MR) is 62.1 cm³/mol. The Morgan fingerprint density at radius 1 is 1.20 bits per heavy atom. The van der Waals surface area contributed by atoms with E-state index in [0.717, 1.165) is 25.3 Å². The van der Waals surface area contributed by atoms with Gasteiger partial charge >= 0.3 is 0 Å². The van der Waals surface area contributed by atoms with Crippen LogP contribution < -0.4 is 0 Å². The highest BCUT2D eigenvalue weighted by atomic mass is 16.5. The van der Waals surface area contributed by atoms with Crippen molar-refractivity contribution < 1.29 is 4.74 Å². The number of ether oxygens (including phenoxy) is 1. The molecule has 0 saturated carbocycles. The molecule has 1 unspecified atom stereocenters. The molecule has 3 nitrogen and oxygen atoms in total. The molecule has 0 spiro atoms. The molecular weight excluding hydrogens is 188 g/mol. The Balaban J connectivity index is 1.71. The second-order valence-corrected chi connectivity index (χ2v) is 4.90. The fourth-order valence-corrected chi connectivity index (χ4v) is 2.58. The average Bonchev–Trinajstić information content (AvgIpc) is 2.16. The predicted octanol–water partition coefficient (Wildman–Crippen LogP) is 1.19. The molecule has 0 aliphatic carbocycles. The second-order valence-electron chi connectivity index (χ2n) is 4.90. The molecule has 3 heteroatoms. The molecule has 0 N–H and O–H groups in total. The van der Waals surface area contributed by atoms with Crippen molar-refractivity contribution in [3.05, 3.63) is 0 Å². The zero-order valence-electron chi connectivity index (χ0n) is 10.1. The molecular formula is C12H24N2O. The molecule has 2 rings (SSSR count). The summed E-state index contributed by atoms with van der Waals surface area (Å²) in [5.74, 6) is 0. The lowest BCUT2D eigenvalue weighted by molar-refractivity contribution is -0.0794. The van der Waals surface area contributed by atoms with Crippen molar-refractivity contribution in [2.24, 2.45) is 0 Å². The summed E-state index contributed by atoms with van der Waals surface area (Å²) in [4.78, 5) is 5.23.